The third kappa shape index (κ3) is 3.81. The van der Waals surface area contributed by atoms with Crippen LogP contribution in [0.1, 0.15) is 39.0 Å². The molecule has 1 aromatic rings. The minimum Gasteiger partial charge on any atom is -0.374 e. The number of halogens is 1. The van der Waals surface area contributed by atoms with Crippen LogP contribution in [0.2, 0.25) is 0 Å². The molecule has 0 radical (unpaired) electrons. The monoisotopic (exact) mass is 277 g/mol. The molecule has 0 amide bonds. The van der Waals surface area contributed by atoms with E-state index in [4.69, 9.17) is 0 Å². The van der Waals surface area contributed by atoms with E-state index in [1.165, 1.54) is 25.0 Å². The molecule has 1 aromatic carbocycles. The van der Waals surface area contributed by atoms with Crippen LogP contribution < -0.4 is 4.90 Å². The van der Waals surface area contributed by atoms with Crippen LogP contribution in [0.25, 0.3) is 0 Å². The van der Waals surface area contributed by atoms with E-state index in [0.717, 1.165) is 31.5 Å². The molecular weight excluding hydrogens is 253 g/mol. The molecule has 2 atom stereocenters. The lowest BCUT2D eigenvalue weighted by atomic mass is 9.78. The van der Waals surface area contributed by atoms with Crippen LogP contribution in [-0.4, -0.2) is 19.4 Å². The number of nitrogens with zero attached hydrogens (tertiary/aromatic N) is 1. The zero-order valence-electron chi connectivity index (χ0n) is 12.4. The summed E-state index contributed by atoms with van der Waals surface area (Å²) in [6.07, 6.45) is 5.22. The van der Waals surface area contributed by atoms with Crippen molar-refractivity contribution >= 4 is 11.5 Å². The van der Waals surface area contributed by atoms with Crippen molar-refractivity contribution in [3.63, 3.8) is 0 Å². The number of ketones is 1. The fourth-order valence-electron chi connectivity index (χ4n) is 3.18. The molecule has 1 fully saturated rings. The summed E-state index contributed by atoms with van der Waals surface area (Å²) in [5.74, 6) is 1.00. The summed E-state index contributed by atoms with van der Waals surface area (Å²) >= 11 is 0. The molecule has 0 bridgehead atoms. The zero-order valence-corrected chi connectivity index (χ0v) is 12.4. The normalized spacial score (nSPS) is 22.9. The first-order valence-electron chi connectivity index (χ1n) is 7.59. The number of rotatable bonds is 5. The second-order valence-corrected chi connectivity index (χ2v) is 5.95. The molecule has 3 heteroatoms. The average molecular weight is 277 g/mol. The van der Waals surface area contributed by atoms with Gasteiger partial charge in [-0.1, -0.05) is 19.8 Å². The van der Waals surface area contributed by atoms with Crippen molar-refractivity contribution in [1.82, 2.24) is 0 Å². The molecule has 0 N–H and O–H groups in total. The number of carbonyl (C=O) groups is 1. The molecule has 0 aliphatic heterocycles. The van der Waals surface area contributed by atoms with Crippen LogP contribution in [0.3, 0.4) is 0 Å². The number of carbonyl (C=O) groups excluding carboxylic acids is 1. The maximum atomic E-state index is 12.9. The van der Waals surface area contributed by atoms with E-state index in [9.17, 15) is 9.18 Å². The Bertz CT molecular complexity index is 443. The van der Waals surface area contributed by atoms with E-state index in [-0.39, 0.29) is 11.7 Å². The van der Waals surface area contributed by atoms with E-state index >= 15 is 0 Å². The predicted octanol–water partition coefficient (Wildman–Crippen LogP) is 4.05. The van der Waals surface area contributed by atoms with Crippen LogP contribution >= 0.6 is 0 Å². The maximum absolute atomic E-state index is 12.9. The minimum atomic E-state index is -0.223. The van der Waals surface area contributed by atoms with E-state index < -0.39 is 0 Å². The van der Waals surface area contributed by atoms with Gasteiger partial charge >= 0.3 is 0 Å². The van der Waals surface area contributed by atoms with Gasteiger partial charge in [0.1, 0.15) is 11.6 Å². The van der Waals surface area contributed by atoms with Gasteiger partial charge in [0.25, 0.3) is 0 Å². The summed E-state index contributed by atoms with van der Waals surface area (Å²) in [6, 6.07) is 6.47. The number of hydrogen-bond donors (Lipinski definition) is 0. The van der Waals surface area contributed by atoms with E-state index in [0.29, 0.717) is 11.7 Å². The third-order valence-electron chi connectivity index (χ3n) is 4.33. The quantitative estimate of drug-likeness (QED) is 0.809. The fraction of sp³-hybridized carbons (Fsp3) is 0.588. The van der Waals surface area contributed by atoms with Gasteiger partial charge in [-0.25, -0.2) is 4.39 Å². The minimum absolute atomic E-state index is 0.135. The highest BCUT2D eigenvalue weighted by molar-refractivity contribution is 5.82. The molecule has 2 unspecified atom stereocenters. The van der Waals surface area contributed by atoms with Crippen molar-refractivity contribution in [1.29, 1.82) is 0 Å². The van der Waals surface area contributed by atoms with Gasteiger partial charge in [-0.3, -0.25) is 4.79 Å². The maximum Gasteiger partial charge on any atom is 0.137 e. The van der Waals surface area contributed by atoms with Gasteiger partial charge in [0.15, 0.2) is 0 Å². The standard InChI is InChI=1S/C17H24FNO/c1-3-4-13-5-10-17(20)14(11-13)12-19(2)16-8-6-15(18)7-9-16/h6-9,13-14H,3-5,10-12H2,1-2H3. The molecule has 1 aliphatic rings. The van der Waals surface area contributed by atoms with E-state index in [2.05, 4.69) is 11.8 Å². The Morgan fingerprint density at radius 1 is 1.30 bits per heavy atom. The van der Waals surface area contributed by atoms with Crippen molar-refractivity contribution in [2.24, 2.45) is 11.8 Å². The van der Waals surface area contributed by atoms with Crippen LogP contribution in [-0.2, 0) is 4.79 Å². The summed E-state index contributed by atoms with van der Waals surface area (Å²) in [7, 11) is 1.98. The first-order chi connectivity index (χ1) is 9.60. The molecule has 2 nitrogen and oxygen atoms in total. The van der Waals surface area contributed by atoms with Gasteiger partial charge in [-0.15, -0.1) is 0 Å². The number of anilines is 1. The Balaban J connectivity index is 1.96. The van der Waals surface area contributed by atoms with E-state index in [1.54, 1.807) is 12.1 Å². The van der Waals surface area contributed by atoms with Gasteiger partial charge < -0.3 is 4.90 Å². The second kappa shape index (κ2) is 6.87. The summed E-state index contributed by atoms with van der Waals surface area (Å²) in [4.78, 5) is 14.1. The molecule has 0 aromatic heterocycles. The first-order valence-corrected chi connectivity index (χ1v) is 7.59. The Hall–Kier alpha value is -1.38. The summed E-state index contributed by atoms with van der Waals surface area (Å²) in [5.41, 5.74) is 0.969. The number of Topliss-reactive ketones (excluding diaryl/α,β-unsaturated/α-hetero) is 1. The van der Waals surface area contributed by atoms with Gasteiger partial charge in [-0.05, 0) is 43.0 Å². The lowest BCUT2D eigenvalue weighted by molar-refractivity contribution is -0.125. The molecular formula is C17H24FNO. The highest BCUT2D eigenvalue weighted by Gasteiger charge is 2.29. The van der Waals surface area contributed by atoms with Crippen LogP contribution in [0.5, 0.6) is 0 Å². The van der Waals surface area contributed by atoms with Crippen LogP contribution in [0, 0.1) is 17.7 Å². The molecule has 110 valence electrons. The van der Waals surface area contributed by atoms with Crippen molar-refractivity contribution in [2.45, 2.75) is 39.0 Å². The van der Waals surface area contributed by atoms with Gasteiger partial charge in [0.2, 0.25) is 0 Å². The smallest absolute Gasteiger partial charge is 0.137 e. The second-order valence-electron chi connectivity index (χ2n) is 5.95. The zero-order chi connectivity index (χ0) is 14.5. The lowest BCUT2D eigenvalue weighted by Crippen LogP contribution is -2.34. The van der Waals surface area contributed by atoms with Crippen molar-refractivity contribution < 1.29 is 9.18 Å². The highest BCUT2D eigenvalue weighted by atomic mass is 19.1. The van der Waals surface area contributed by atoms with Gasteiger partial charge in [-0.2, -0.15) is 0 Å². The van der Waals surface area contributed by atoms with Gasteiger partial charge in [0, 0.05) is 31.6 Å². The fourth-order valence-corrected chi connectivity index (χ4v) is 3.18. The Labute approximate surface area is 121 Å². The SMILES string of the molecule is CCCC1CCC(=O)C(CN(C)c2ccc(F)cc2)C1. The van der Waals surface area contributed by atoms with Crippen molar-refractivity contribution in [3.05, 3.63) is 30.1 Å². The Morgan fingerprint density at radius 2 is 2.00 bits per heavy atom. The van der Waals surface area contributed by atoms with Crippen molar-refractivity contribution in [2.75, 3.05) is 18.5 Å². The highest BCUT2D eigenvalue weighted by Crippen LogP contribution is 2.30. The molecule has 0 heterocycles. The van der Waals surface area contributed by atoms with Crippen LogP contribution in [0.15, 0.2) is 24.3 Å². The molecule has 0 saturated heterocycles. The Kier molecular flexibility index (Phi) is 5.16. The summed E-state index contributed by atoms with van der Waals surface area (Å²) < 4.78 is 12.9. The lowest BCUT2D eigenvalue weighted by Gasteiger charge is -2.31. The largest absolute Gasteiger partial charge is 0.374 e. The predicted molar refractivity (Wildman–Crippen MR) is 80.4 cm³/mol. The topological polar surface area (TPSA) is 20.3 Å². The number of benzene rings is 1. The van der Waals surface area contributed by atoms with Crippen molar-refractivity contribution in [3.8, 4) is 0 Å². The molecule has 1 aliphatic carbocycles. The van der Waals surface area contributed by atoms with Gasteiger partial charge in [0.05, 0.1) is 0 Å². The molecule has 20 heavy (non-hydrogen) atoms. The first kappa shape index (κ1) is 15.0. The third-order valence-corrected chi connectivity index (χ3v) is 4.33. The number of hydrogen-bond acceptors (Lipinski definition) is 2. The molecule has 1 saturated carbocycles. The van der Waals surface area contributed by atoms with E-state index in [1.807, 2.05) is 7.05 Å². The molecule has 2 rings (SSSR count). The van der Waals surface area contributed by atoms with Crippen LogP contribution in [0.4, 0.5) is 10.1 Å². The Morgan fingerprint density at radius 3 is 2.65 bits per heavy atom. The summed E-state index contributed by atoms with van der Waals surface area (Å²) in [5, 5.41) is 0. The average Bonchev–Trinajstić information content (AvgIpc) is 2.43. The molecule has 0 spiro atoms. The summed E-state index contributed by atoms with van der Waals surface area (Å²) in [6.45, 7) is 2.95.